The summed E-state index contributed by atoms with van der Waals surface area (Å²) in [6.45, 7) is 1.95. The van der Waals surface area contributed by atoms with E-state index >= 15 is 0 Å². The molecule has 0 aliphatic rings. The number of para-hydroxylation sites is 2. The SMILES string of the molecule is CSc1nnc(-c2nc3ccccc3nc2C)s1. The maximum absolute atomic E-state index is 4.63. The molecule has 0 fully saturated rings. The van der Waals surface area contributed by atoms with Gasteiger partial charge in [-0.1, -0.05) is 35.2 Å². The van der Waals surface area contributed by atoms with Crippen molar-refractivity contribution in [2.45, 2.75) is 11.3 Å². The molecule has 0 saturated carbocycles. The lowest BCUT2D eigenvalue weighted by Crippen LogP contribution is -1.93. The average molecular weight is 274 g/mol. The number of aryl methyl sites for hydroxylation is 1. The third-order valence-electron chi connectivity index (χ3n) is 2.53. The quantitative estimate of drug-likeness (QED) is 0.672. The van der Waals surface area contributed by atoms with Crippen molar-refractivity contribution in [3.8, 4) is 10.7 Å². The number of nitrogens with zero attached hydrogens (tertiary/aromatic N) is 4. The van der Waals surface area contributed by atoms with Crippen molar-refractivity contribution in [1.82, 2.24) is 20.2 Å². The van der Waals surface area contributed by atoms with Crippen LogP contribution in [0.25, 0.3) is 21.7 Å². The standard InChI is InChI=1S/C12H10N4S2/c1-7-10(11-15-16-12(17-2)18-11)14-9-6-4-3-5-8(9)13-7/h3-6H,1-2H3. The van der Waals surface area contributed by atoms with Crippen LogP contribution < -0.4 is 0 Å². The molecule has 0 unspecified atom stereocenters. The van der Waals surface area contributed by atoms with Gasteiger partial charge in [0, 0.05) is 0 Å². The monoisotopic (exact) mass is 274 g/mol. The Morgan fingerprint density at radius 2 is 1.78 bits per heavy atom. The molecule has 0 N–H and O–H groups in total. The predicted molar refractivity (Wildman–Crippen MR) is 75.0 cm³/mol. The van der Waals surface area contributed by atoms with E-state index in [4.69, 9.17) is 0 Å². The number of hydrogen-bond donors (Lipinski definition) is 0. The summed E-state index contributed by atoms with van der Waals surface area (Å²) in [6.07, 6.45) is 1.99. The van der Waals surface area contributed by atoms with Crippen molar-refractivity contribution in [2.75, 3.05) is 6.26 Å². The number of thioether (sulfide) groups is 1. The minimum Gasteiger partial charge on any atom is -0.249 e. The first kappa shape index (κ1) is 11.6. The second-order valence-electron chi connectivity index (χ2n) is 3.72. The molecule has 6 heteroatoms. The summed E-state index contributed by atoms with van der Waals surface area (Å²) >= 11 is 3.14. The van der Waals surface area contributed by atoms with Crippen LogP contribution in [-0.4, -0.2) is 26.4 Å². The molecule has 0 spiro atoms. The number of aromatic nitrogens is 4. The number of fused-ring (bicyclic) bond motifs is 1. The second kappa shape index (κ2) is 4.62. The van der Waals surface area contributed by atoms with Gasteiger partial charge in [0.15, 0.2) is 9.35 Å². The number of hydrogen-bond acceptors (Lipinski definition) is 6. The Bertz CT molecular complexity index is 708. The van der Waals surface area contributed by atoms with Gasteiger partial charge in [-0.25, -0.2) is 9.97 Å². The summed E-state index contributed by atoms with van der Waals surface area (Å²) in [4.78, 5) is 9.19. The smallest absolute Gasteiger partial charge is 0.174 e. The molecule has 0 aliphatic carbocycles. The Morgan fingerprint density at radius 1 is 1.06 bits per heavy atom. The van der Waals surface area contributed by atoms with E-state index in [9.17, 15) is 0 Å². The fraction of sp³-hybridized carbons (Fsp3) is 0.167. The van der Waals surface area contributed by atoms with Crippen molar-refractivity contribution in [3.05, 3.63) is 30.0 Å². The maximum Gasteiger partial charge on any atom is 0.174 e. The Balaban J connectivity index is 2.19. The lowest BCUT2D eigenvalue weighted by Gasteiger charge is -2.02. The van der Waals surface area contributed by atoms with Gasteiger partial charge >= 0.3 is 0 Å². The van der Waals surface area contributed by atoms with E-state index in [0.717, 1.165) is 31.8 Å². The van der Waals surface area contributed by atoms with Gasteiger partial charge in [-0.3, -0.25) is 0 Å². The van der Waals surface area contributed by atoms with Crippen LogP contribution in [0.3, 0.4) is 0 Å². The van der Waals surface area contributed by atoms with Crippen LogP contribution in [0.4, 0.5) is 0 Å². The third kappa shape index (κ3) is 1.97. The zero-order chi connectivity index (χ0) is 12.5. The number of rotatable bonds is 2. The molecule has 0 atom stereocenters. The highest BCUT2D eigenvalue weighted by molar-refractivity contribution is 8.00. The molecular formula is C12H10N4S2. The zero-order valence-electron chi connectivity index (χ0n) is 9.91. The van der Waals surface area contributed by atoms with Crippen LogP contribution in [0.2, 0.25) is 0 Å². The molecule has 0 amide bonds. The molecule has 1 aromatic carbocycles. The normalized spacial score (nSPS) is 11.0. The molecule has 90 valence electrons. The fourth-order valence-corrected chi connectivity index (χ4v) is 2.99. The molecule has 3 aromatic rings. The van der Waals surface area contributed by atoms with Gasteiger partial charge in [0.2, 0.25) is 0 Å². The highest BCUT2D eigenvalue weighted by Crippen LogP contribution is 2.29. The lowest BCUT2D eigenvalue weighted by atomic mass is 10.2. The molecule has 18 heavy (non-hydrogen) atoms. The summed E-state index contributed by atoms with van der Waals surface area (Å²) < 4.78 is 0.944. The topological polar surface area (TPSA) is 51.6 Å². The molecule has 0 saturated heterocycles. The average Bonchev–Trinajstić information content (AvgIpc) is 2.86. The van der Waals surface area contributed by atoms with E-state index in [0.29, 0.717) is 0 Å². The van der Waals surface area contributed by atoms with Gasteiger partial charge < -0.3 is 0 Å². The number of benzene rings is 1. The highest BCUT2D eigenvalue weighted by atomic mass is 32.2. The third-order valence-corrected chi connectivity index (χ3v) is 4.43. The van der Waals surface area contributed by atoms with Gasteiger partial charge in [0.05, 0.1) is 16.7 Å². The van der Waals surface area contributed by atoms with Crippen LogP contribution in [0.1, 0.15) is 5.69 Å². The first-order valence-corrected chi connectivity index (χ1v) is 7.43. The summed E-state index contributed by atoms with van der Waals surface area (Å²) in [7, 11) is 0. The van der Waals surface area contributed by atoms with Gasteiger partial charge in [-0.15, -0.1) is 10.2 Å². The van der Waals surface area contributed by atoms with Crippen LogP contribution in [0.15, 0.2) is 28.6 Å². The van der Waals surface area contributed by atoms with Crippen molar-refractivity contribution in [3.63, 3.8) is 0 Å². The van der Waals surface area contributed by atoms with E-state index < -0.39 is 0 Å². The van der Waals surface area contributed by atoms with Gasteiger partial charge in [-0.05, 0) is 25.3 Å². The fourth-order valence-electron chi connectivity index (χ4n) is 1.68. The van der Waals surface area contributed by atoms with E-state index in [2.05, 4.69) is 20.2 Å². The van der Waals surface area contributed by atoms with E-state index in [-0.39, 0.29) is 0 Å². The summed E-state index contributed by atoms with van der Waals surface area (Å²) in [6, 6.07) is 7.85. The minimum absolute atomic E-state index is 0.825. The first-order chi connectivity index (χ1) is 8.78. The van der Waals surface area contributed by atoms with Crippen LogP contribution in [0, 0.1) is 6.92 Å². The van der Waals surface area contributed by atoms with Crippen LogP contribution >= 0.6 is 23.1 Å². The Morgan fingerprint density at radius 3 is 2.44 bits per heavy atom. The Kier molecular flexibility index (Phi) is 2.97. The largest absolute Gasteiger partial charge is 0.249 e. The summed E-state index contributed by atoms with van der Waals surface area (Å²) in [5.41, 5.74) is 3.51. The Labute approximate surface area is 113 Å². The molecule has 2 heterocycles. The van der Waals surface area contributed by atoms with Gasteiger partial charge in [0.25, 0.3) is 0 Å². The maximum atomic E-state index is 4.63. The minimum atomic E-state index is 0.825. The zero-order valence-corrected chi connectivity index (χ0v) is 11.5. The van der Waals surface area contributed by atoms with E-state index in [1.165, 1.54) is 0 Å². The van der Waals surface area contributed by atoms with Gasteiger partial charge in [-0.2, -0.15) is 0 Å². The Hall–Kier alpha value is -1.53. The van der Waals surface area contributed by atoms with Crippen LogP contribution in [0.5, 0.6) is 0 Å². The molecule has 4 nitrogen and oxygen atoms in total. The first-order valence-electron chi connectivity index (χ1n) is 5.39. The van der Waals surface area contributed by atoms with Crippen molar-refractivity contribution >= 4 is 34.1 Å². The van der Waals surface area contributed by atoms with Crippen molar-refractivity contribution in [2.24, 2.45) is 0 Å². The van der Waals surface area contributed by atoms with E-state index in [1.807, 2.05) is 37.4 Å². The molecule has 0 bridgehead atoms. The molecular weight excluding hydrogens is 264 g/mol. The van der Waals surface area contributed by atoms with E-state index in [1.54, 1.807) is 23.1 Å². The molecule has 0 radical (unpaired) electrons. The van der Waals surface area contributed by atoms with Gasteiger partial charge in [0.1, 0.15) is 5.69 Å². The van der Waals surface area contributed by atoms with Crippen molar-refractivity contribution < 1.29 is 0 Å². The molecule has 3 rings (SSSR count). The summed E-state index contributed by atoms with van der Waals surface area (Å²) in [5.74, 6) is 0. The molecule has 2 aromatic heterocycles. The molecule has 0 aliphatic heterocycles. The lowest BCUT2D eigenvalue weighted by molar-refractivity contribution is 1.01. The van der Waals surface area contributed by atoms with Crippen molar-refractivity contribution in [1.29, 1.82) is 0 Å². The highest BCUT2D eigenvalue weighted by Gasteiger charge is 2.12. The predicted octanol–water partition coefficient (Wildman–Crippen LogP) is 3.18. The van der Waals surface area contributed by atoms with Crippen LogP contribution in [-0.2, 0) is 0 Å². The second-order valence-corrected chi connectivity index (χ2v) is 5.75. The summed E-state index contributed by atoms with van der Waals surface area (Å²) in [5, 5.41) is 9.09.